The van der Waals surface area contributed by atoms with Crippen molar-refractivity contribution in [2.45, 2.75) is 18.9 Å². The molecule has 1 atom stereocenters. The maximum Gasteiger partial charge on any atom is 0.225 e. The summed E-state index contributed by atoms with van der Waals surface area (Å²) >= 11 is 0. The minimum absolute atomic E-state index is 0.295. The lowest BCUT2D eigenvalue weighted by atomic mass is 9.87. The molecule has 5 aromatic rings. The zero-order chi connectivity index (χ0) is 24.7. The molecule has 4 N–H and O–H groups in total. The first kappa shape index (κ1) is 22.1. The number of rotatable bonds is 5. The summed E-state index contributed by atoms with van der Waals surface area (Å²) < 4.78 is 13.3. The van der Waals surface area contributed by atoms with E-state index in [0.717, 1.165) is 52.1 Å². The van der Waals surface area contributed by atoms with E-state index in [4.69, 9.17) is 5.73 Å². The van der Waals surface area contributed by atoms with E-state index in [9.17, 15) is 4.39 Å². The summed E-state index contributed by atoms with van der Waals surface area (Å²) in [6.45, 7) is 3.29. The molecule has 0 unspecified atom stereocenters. The van der Waals surface area contributed by atoms with Crippen molar-refractivity contribution in [3.63, 3.8) is 0 Å². The van der Waals surface area contributed by atoms with Gasteiger partial charge in [0, 0.05) is 48.2 Å². The van der Waals surface area contributed by atoms with Crippen LogP contribution in [0.25, 0.3) is 27.9 Å². The fourth-order valence-electron chi connectivity index (χ4n) is 4.53. The number of nitrogens with two attached hydrogens (primary N) is 1. The average molecular weight is 482 g/mol. The number of anilines is 1. The predicted molar refractivity (Wildman–Crippen MR) is 135 cm³/mol. The van der Waals surface area contributed by atoms with Gasteiger partial charge in [0.2, 0.25) is 5.95 Å². The molecule has 0 bridgehead atoms. The summed E-state index contributed by atoms with van der Waals surface area (Å²) in [5, 5.41) is 7.85. The van der Waals surface area contributed by atoms with Crippen molar-refractivity contribution in [2.75, 3.05) is 18.0 Å². The Labute approximate surface area is 206 Å². The van der Waals surface area contributed by atoms with Crippen molar-refractivity contribution in [3.05, 3.63) is 90.2 Å². The normalized spacial score (nSPS) is 15.6. The number of halogens is 1. The number of H-pyrrole nitrogens is 2. The Morgan fingerprint density at radius 3 is 2.53 bits per heavy atom. The lowest BCUT2D eigenvalue weighted by Gasteiger charge is -2.28. The van der Waals surface area contributed by atoms with Crippen molar-refractivity contribution in [2.24, 2.45) is 5.73 Å². The molecule has 4 aromatic heterocycles. The third-order valence-corrected chi connectivity index (χ3v) is 6.71. The molecule has 36 heavy (non-hydrogen) atoms. The van der Waals surface area contributed by atoms with E-state index in [1.165, 1.54) is 17.7 Å². The van der Waals surface area contributed by atoms with Crippen LogP contribution in [-0.2, 0) is 5.54 Å². The molecule has 0 saturated heterocycles. The number of fused-ring (bicyclic) bond motifs is 1. The topological polar surface area (TPSA) is 125 Å². The maximum absolute atomic E-state index is 13.3. The highest BCUT2D eigenvalue weighted by molar-refractivity contribution is 5.92. The van der Waals surface area contributed by atoms with Gasteiger partial charge in [-0.2, -0.15) is 5.10 Å². The van der Waals surface area contributed by atoms with E-state index < -0.39 is 5.54 Å². The predicted octanol–water partition coefficient (Wildman–Crippen LogP) is 3.79. The lowest BCUT2D eigenvalue weighted by molar-refractivity contribution is 0.587. The first-order chi connectivity index (χ1) is 17.5. The number of nitrogens with one attached hydrogen (secondary N) is 2. The molecule has 1 aliphatic heterocycles. The van der Waals surface area contributed by atoms with Crippen LogP contribution >= 0.6 is 0 Å². The standard InChI is InChI=1S/C26H24FN9/c1-26(28,18-2-4-20(27)5-3-18)19-13-29-25(30-14-19)36-8-6-16(7-9-36)23-21-10-22(17-11-33-34-12-17)35-24(21)32-15-31-23/h2-6,10-15H,7-9,28H2,1H3,(H,33,34)(H,31,32,35)/t26-/m0/s1. The van der Waals surface area contributed by atoms with Crippen LogP contribution in [0.4, 0.5) is 10.3 Å². The Kier molecular flexibility index (Phi) is 5.30. The second-order valence-corrected chi connectivity index (χ2v) is 9.06. The quantitative estimate of drug-likeness (QED) is 0.349. The summed E-state index contributed by atoms with van der Waals surface area (Å²) in [7, 11) is 0. The minimum atomic E-state index is -0.828. The molecule has 0 saturated carbocycles. The largest absolute Gasteiger partial charge is 0.339 e. The van der Waals surface area contributed by atoms with Crippen molar-refractivity contribution in [3.8, 4) is 11.3 Å². The van der Waals surface area contributed by atoms with E-state index >= 15 is 0 Å². The maximum atomic E-state index is 13.3. The van der Waals surface area contributed by atoms with Crippen LogP contribution in [-0.4, -0.2) is 48.2 Å². The monoisotopic (exact) mass is 481 g/mol. The molecule has 1 aliphatic rings. The van der Waals surface area contributed by atoms with Crippen LogP contribution in [0.2, 0.25) is 0 Å². The number of hydrogen-bond donors (Lipinski definition) is 3. The van der Waals surface area contributed by atoms with Crippen LogP contribution in [0.15, 0.2) is 67.5 Å². The van der Waals surface area contributed by atoms with Crippen LogP contribution in [0.3, 0.4) is 0 Å². The van der Waals surface area contributed by atoms with E-state index in [-0.39, 0.29) is 5.82 Å². The highest BCUT2D eigenvalue weighted by Crippen LogP contribution is 2.31. The fraction of sp³-hybridized carbons (Fsp3) is 0.192. The second kappa shape index (κ2) is 8.65. The van der Waals surface area contributed by atoms with Gasteiger partial charge in [0.1, 0.15) is 17.8 Å². The Bertz CT molecular complexity index is 1540. The molecular weight excluding hydrogens is 457 g/mol. The van der Waals surface area contributed by atoms with Crippen LogP contribution in [0, 0.1) is 5.82 Å². The summed E-state index contributed by atoms with van der Waals surface area (Å²) in [6, 6.07) is 8.25. The summed E-state index contributed by atoms with van der Waals surface area (Å²) in [5.41, 5.74) is 12.1. The molecule has 0 spiro atoms. The highest BCUT2D eigenvalue weighted by Gasteiger charge is 2.26. The Morgan fingerprint density at radius 1 is 1.03 bits per heavy atom. The van der Waals surface area contributed by atoms with E-state index in [1.807, 2.05) is 13.1 Å². The molecule has 0 radical (unpaired) electrons. The Morgan fingerprint density at radius 2 is 1.83 bits per heavy atom. The second-order valence-electron chi connectivity index (χ2n) is 9.06. The van der Waals surface area contributed by atoms with Crippen LogP contribution in [0.5, 0.6) is 0 Å². The zero-order valence-corrected chi connectivity index (χ0v) is 19.6. The van der Waals surface area contributed by atoms with Gasteiger partial charge in [0.15, 0.2) is 0 Å². The molecule has 0 aliphatic carbocycles. The summed E-state index contributed by atoms with van der Waals surface area (Å²) in [4.78, 5) is 23.6. The molecule has 180 valence electrons. The first-order valence-corrected chi connectivity index (χ1v) is 11.6. The molecule has 6 rings (SSSR count). The fourth-order valence-corrected chi connectivity index (χ4v) is 4.53. The molecule has 1 aromatic carbocycles. The molecular formula is C26H24FN9. The first-order valence-electron chi connectivity index (χ1n) is 11.6. The van der Waals surface area contributed by atoms with Crippen molar-refractivity contribution < 1.29 is 4.39 Å². The molecule has 0 fully saturated rings. The number of nitrogens with zero attached hydrogens (tertiary/aromatic N) is 6. The Balaban J connectivity index is 1.21. The average Bonchev–Trinajstić information content (AvgIpc) is 3.59. The molecule has 0 amide bonds. The van der Waals surface area contributed by atoms with Gasteiger partial charge in [-0.15, -0.1) is 0 Å². The SMILES string of the molecule is C[C@](N)(c1ccc(F)cc1)c1cnc(N2CC=C(c3ncnc4[nH]c(-c5cn[nH]c5)cc34)CC2)nc1. The third kappa shape index (κ3) is 3.91. The number of aromatic nitrogens is 7. The molecule has 9 nitrogen and oxygen atoms in total. The Hall–Kier alpha value is -4.44. The van der Waals surface area contributed by atoms with Gasteiger partial charge in [0.05, 0.1) is 23.1 Å². The van der Waals surface area contributed by atoms with Crippen LogP contribution < -0.4 is 10.6 Å². The van der Waals surface area contributed by atoms with Crippen molar-refractivity contribution >= 4 is 22.6 Å². The van der Waals surface area contributed by atoms with Gasteiger partial charge in [0.25, 0.3) is 0 Å². The van der Waals surface area contributed by atoms with E-state index in [2.05, 4.69) is 52.2 Å². The van der Waals surface area contributed by atoms with Gasteiger partial charge in [-0.3, -0.25) is 5.10 Å². The summed E-state index contributed by atoms with van der Waals surface area (Å²) in [5.74, 6) is 0.344. The number of aromatic amines is 2. The van der Waals surface area contributed by atoms with E-state index in [1.54, 1.807) is 37.1 Å². The van der Waals surface area contributed by atoms with Gasteiger partial charge < -0.3 is 15.6 Å². The number of benzene rings is 1. The molecule has 5 heterocycles. The zero-order valence-electron chi connectivity index (χ0n) is 19.6. The van der Waals surface area contributed by atoms with Crippen LogP contribution in [0.1, 0.15) is 30.2 Å². The summed E-state index contributed by atoms with van der Waals surface area (Å²) in [6.07, 6.45) is 11.7. The van der Waals surface area contributed by atoms with Gasteiger partial charge in [-0.1, -0.05) is 18.2 Å². The number of hydrogen-bond acceptors (Lipinski definition) is 7. The van der Waals surface area contributed by atoms with Gasteiger partial charge in [-0.05, 0) is 42.7 Å². The van der Waals surface area contributed by atoms with Gasteiger partial charge in [-0.25, -0.2) is 24.3 Å². The minimum Gasteiger partial charge on any atom is -0.339 e. The van der Waals surface area contributed by atoms with Gasteiger partial charge >= 0.3 is 0 Å². The highest BCUT2D eigenvalue weighted by atomic mass is 19.1. The molecule has 10 heteroatoms. The van der Waals surface area contributed by atoms with E-state index in [0.29, 0.717) is 12.5 Å². The lowest BCUT2D eigenvalue weighted by Crippen LogP contribution is -2.35. The smallest absolute Gasteiger partial charge is 0.225 e. The van der Waals surface area contributed by atoms with Crippen molar-refractivity contribution in [1.29, 1.82) is 0 Å². The third-order valence-electron chi connectivity index (χ3n) is 6.71. The van der Waals surface area contributed by atoms with Crippen molar-refractivity contribution in [1.82, 2.24) is 35.1 Å².